The van der Waals surface area contributed by atoms with Crippen molar-refractivity contribution in [1.29, 1.82) is 0 Å². The normalized spacial score (nSPS) is 20.5. The summed E-state index contributed by atoms with van der Waals surface area (Å²) in [5.41, 5.74) is -0.460. The Labute approximate surface area is 204 Å². The van der Waals surface area contributed by atoms with Crippen LogP contribution in [0.4, 0.5) is 4.39 Å². The van der Waals surface area contributed by atoms with Gasteiger partial charge in [-0.3, -0.25) is 9.36 Å². The van der Waals surface area contributed by atoms with E-state index in [0.29, 0.717) is 48.4 Å². The number of benzene rings is 1. The molecule has 4 heterocycles. The van der Waals surface area contributed by atoms with Gasteiger partial charge in [-0.2, -0.15) is 4.98 Å². The van der Waals surface area contributed by atoms with Gasteiger partial charge in [-0.1, -0.05) is 16.8 Å². The lowest BCUT2D eigenvalue weighted by molar-refractivity contribution is -0.0501. The van der Waals surface area contributed by atoms with E-state index >= 15 is 4.39 Å². The highest BCUT2D eigenvalue weighted by Crippen LogP contribution is 2.41. The van der Waals surface area contributed by atoms with Crippen molar-refractivity contribution >= 4 is 22.5 Å². The summed E-state index contributed by atoms with van der Waals surface area (Å²) in [5, 5.41) is 8.00. The minimum Gasteiger partial charge on any atom is -0.358 e. The third-order valence-corrected chi connectivity index (χ3v) is 6.85. The lowest BCUT2D eigenvalue weighted by atomic mass is 9.94. The number of pyridine rings is 1. The molecule has 1 aromatic carbocycles. The Balaban J connectivity index is 1.65. The van der Waals surface area contributed by atoms with E-state index in [4.69, 9.17) is 25.8 Å². The van der Waals surface area contributed by atoms with Crippen LogP contribution in [0.2, 0.25) is 5.02 Å². The number of nitrogens with one attached hydrogen (secondary N) is 1. The third-order valence-electron chi connectivity index (χ3n) is 6.62. The lowest BCUT2D eigenvalue weighted by Gasteiger charge is -2.35. The molecule has 2 aliphatic rings. The van der Waals surface area contributed by atoms with Gasteiger partial charge in [0, 0.05) is 36.6 Å². The average Bonchev–Trinajstić information content (AvgIpc) is 3.58. The van der Waals surface area contributed by atoms with E-state index in [1.165, 1.54) is 16.7 Å². The number of rotatable bonds is 4. The Morgan fingerprint density at radius 1 is 1.23 bits per heavy atom. The lowest BCUT2D eigenvalue weighted by Crippen LogP contribution is -2.49. The van der Waals surface area contributed by atoms with Crippen molar-refractivity contribution in [2.45, 2.75) is 31.3 Å². The zero-order chi connectivity index (χ0) is 24.3. The van der Waals surface area contributed by atoms with Crippen molar-refractivity contribution in [3.05, 3.63) is 68.7 Å². The zero-order valence-electron chi connectivity index (χ0n) is 19.1. The van der Waals surface area contributed by atoms with Crippen LogP contribution in [-0.4, -0.2) is 44.4 Å². The molecule has 1 N–H and O–H groups in total. The molecule has 6 rings (SSSR count). The average molecular weight is 497 g/mol. The van der Waals surface area contributed by atoms with Gasteiger partial charge >= 0.3 is 0 Å². The molecule has 11 heteroatoms. The van der Waals surface area contributed by atoms with Crippen LogP contribution in [0.5, 0.6) is 0 Å². The standard InChI is InChI=1S/C24H22ClFN6O3/c1-12-28-17-10-18(24(11-27-7-8-34-24)23-30-21(35-31-23)13-3-4-13)29-20(19(17)22(33)32(12)2)15-6-5-14(25)9-16(15)26/h5-6,9-10,13,27H,3-4,7-8,11H2,1-2H3/t24-/m0/s1. The highest BCUT2D eigenvalue weighted by atomic mass is 35.5. The van der Waals surface area contributed by atoms with E-state index in [1.54, 1.807) is 26.1 Å². The number of ether oxygens (including phenoxy) is 1. The number of halogens is 2. The van der Waals surface area contributed by atoms with E-state index < -0.39 is 11.4 Å². The maximum absolute atomic E-state index is 15.1. The molecule has 0 bridgehead atoms. The SMILES string of the molecule is Cc1nc2cc([C@]3(c4noc(C5CC5)n4)CNCCO3)nc(-c3ccc(Cl)cc3F)c2c(=O)n1C. The predicted octanol–water partition coefficient (Wildman–Crippen LogP) is 3.22. The van der Waals surface area contributed by atoms with Crippen molar-refractivity contribution in [3.8, 4) is 11.3 Å². The maximum atomic E-state index is 15.1. The summed E-state index contributed by atoms with van der Waals surface area (Å²) in [5.74, 6) is 1.08. The first-order valence-electron chi connectivity index (χ1n) is 11.4. The second-order valence-corrected chi connectivity index (χ2v) is 9.42. The molecular formula is C24H22ClFN6O3. The zero-order valence-corrected chi connectivity index (χ0v) is 19.9. The van der Waals surface area contributed by atoms with Crippen LogP contribution in [0.3, 0.4) is 0 Å². The van der Waals surface area contributed by atoms with Gasteiger partial charge in [0.05, 0.1) is 28.9 Å². The Morgan fingerprint density at radius 2 is 2.06 bits per heavy atom. The summed E-state index contributed by atoms with van der Waals surface area (Å²) in [6.07, 6.45) is 2.02. The number of fused-ring (bicyclic) bond motifs is 1. The van der Waals surface area contributed by atoms with Crippen LogP contribution in [0.25, 0.3) is 22.2 Å². The van der Waals surface area contributed by atoms with Gasteiger partial charge in [-0.05, 0) is 44.0 Å². The first-order valence-corrected chi connectivity index (χ1v) is 11.8. The molecule has 9 nitrogen and oxygen atoms in total. The van der Waals surface area contributed by atoms with Crippen molar-refractivity contribution in [2.24, 2.45) is 7.05 Å². The molecule has 0 radical (unpaired) electrons. The van der Waals surface area contributed by atoms with Gasteiger partial charge in [0.1, 0.15) is 11.6 Å². The maximum Gasteiger partial charge on any atom is 0.263 e. The first kappa shape index (κ1) is 22.3. The van der Waals surface area contributed by atoms with Gasteiger partial charge in [-0.25, -0.2) is 14.4 Å². The summed E-state index contributed by atoms with van der Waals surface area (Å²) in [6.45, 7) is 3.07. The molecular weight excluding hydrogens is 475 g/mol. The van der Waals surface area contributed by atoms with Crippen molar-refractivity contribution in [1.82, 2.24) is 30.0 Å². The van der Waals surface area contributed by atoms with Crippen LogP contribution < -0.4 is 10.9 Å². The quantitative estimate of drug-likeness (QED) is 0.459. The fraction of sp³-hybridized carbons (Fsp3) is 0.375. The van der Waals surface area contributed by atoms with Crippen LogP contribution in [-0.2, 0) is 17.4 Å². The summed E-state index contributed by atoms with van der Waals surface area (Å²) < 4.78 is 28.4. The van der Waals surface area contributed by atoms with E-state index in [1.807, 2.05) is 0 Å². The van der Waals surface area contributed by atoms with Gasteiger partial charge in [0.2, 0.25) is 11.7 Å². The minimum atomic E-state index is -1.20. The van der Waals surface area contributed by atoms with Gasteiger partial charge in [0.25, 0.3) is 5.56 Å². The molecule has 0 spiro atoms. The third kappa shape index (κ3) is 3.64. The summed E-state index contributed by atoms with van der Waals surface area (Å²) in [6, 6.07) is 5.95. The Morgan fingerprint density at radius 3 is 2.77 bits per heavy atom. The van der Waals surface area contributed by atoms with Gasteiger partial charge in [-0.15, -0.1) is 0 Å². The second-order valence-electron chi connectivity index (χ2n) is 8.98. The molecule has 4 aromatic rings. The van der Waals surface area contributed by atoms with Gasteiger partial charge in [0.15, 0.2) is 5.60 Å². The fourth-order valence-electron chi connectivity index (χ4n) is 4.41. The second kappa shape index (κ2) is 8.18. The smallest absolute Gasteiger partial charge is 0.263 e. The van der Waals surface area contributed by atoms with Crippen molar-refractivity contribution < 1.29 is 13.7 Å². The summed E-state index contributed by atoms with van der Waals surface area (Å²) in [4.78, 5) is 27.4. The van der Waals surface area contributed by atoms with E-state index in [0.717, 1.165) is 12.8 Å². The summed E-state index contributed by atoms with van der Waals surface area (Å²) in [7, 11) is 1.62. The Bertz CT molecular complexity index is 1520. The molecule has 35 heavy (non-hydrogen) atoms. The van der Waals surface area contributed by atoms with Crippen LogP contribution in [0.15, 0.2) is 33.6 Å². The number of aromatic nitrogens is 5. The Hall–Kier alpha value is -3.21. The van der Waals surface area contributed by atoms with E-state index in [2.05, 4.69) is 20.4 Å². The molecule has 1 atom stereocenters. The monoisotopic (exact) mass is 496 g/mol. The Kier molecular flexibility index (Phi) is 5.21. The minimum absolute atomic E-state index is 0.134. The largest absolute Gasteiger partial charge is 0.358 e. The number of hydrogen-bond donors (Lipinski definition) is 1. The first-order chi connectivity index (χ1) is 16.9. The van der Waals surface area contributed by atoms with E-state index in [-0.39, 0.29) is 33.1 Å². The molecule has 2 fully saturated rings. The highest BCUT2D eigenvalue weighted by molar-refractivity contribution is 6.30. The number of hydrogen-bond acceptors (Lipinski definition) is 8. The predicted molar refractivity (Wildman–Crippen MR) is 126 cm³/mol. The molecule has 1 saturated heterocycles. The van der Waals surface area contributed by atoms with Crippen LogP contribution in [0.1, 0.15) is 42.0 Å². The topological polar surface area (TPSA) is 108 Å². The molecule has 1 aliphatic heterocycles. The number of nitrogens with zero attached hydrogens (tertiary/aromatic N) is 5. The van der Waals surface area contributed by atoms with Crippen molar-refractivity contribution in [3.63, 3.8) is 0 Å². The van der Waals surface area contributed by atoms with E-state index in [9.17, 15) is 4.79 Å². The molecule has 1 aliphatic carbocycles. The molecule has 180 valence electrons. The molecule has 1 saturated carbocycles. The van der Waals surface area contributed by atoms with Crippen LogP contribution >= 0.6 is 11.6 Å². The molecule has 3 aromatic heterocycles. The number of aryl methyl sites for hydroxylation is 1. The van der Waals surface area contributed by atoms with Crippen LogP contribution in [0, 0.1) is 12.7 Å². The number of morpholine rings is 1. The van der Waals surface area contributed by atoms with Gasteiger partial charge < -0.3 is 14.6 Å². The summed E-state index contributed by atoms with van der Waals surface area (Å²) >= 11 is 5.99. The highest BCUT2D eigenvalue weighted by Gasteiger charge is 2.45. The molecule has 0 amide bonds. The van der Waals surface area contributed by atoms with Crippen molar-refractivity contribution in [2.75, 3.05) is 19.7 Å². The molecule has 0 unspecified atom stereocenters. The fourth-order valence-corrected chi connectivity index (χ4v) is 4.57.